The maximum atomic E-state index is 14.2. The van der Waals surface area contributed by atoms with E-state index in [1.807, 2.05) is 6.08 Å². The Morgan fingerprint density at radius 1 is 0.766 bits per heavy atom. The van der Waals surface area contributed by atoms with Crippen molar-refractivity contribution >= 4 is 54.9 Å². The molecule has 128 heavy (non-hydrogen) atoms. The molecule has 47 nitrogen and oxygen atoms in total. The summed E-state index contributed by atoms with van der Waals surface area (Å²) in [7, 11) is -5.89. The van der Waals surface area contributed by atoms with E-state index in [2.05, 4.69) is 90.8 Å². The van der Waals surface area contributed by atoms with Gasteiger partial charge in [0.2, 0.25) is 17.7 Å². The van der Waals surface area contributed by atoms with Crippen LogP contribution in [0, 0.1) is 15.5 Å². The van der Waals surface area contributed by atoms with Crippen LogP contribution in [-0.4, -0.2) is 315 Å². The summed E-state index contributed by atoms with van der Waals surface area (Å²) in [6.45, 7) is 17.9. The highest BCUT2D eigenvalue weighted by atomic mass is 31.2. The van der Waals surface area contributed by atoms with Gasteiger partial charge in [-0.25, -0.2) is 23.8 Å². The fourth-order valence-corrected chi connectivity index (χ4v) is 15.4. The number of hydrogen-bond acceptors (Lipinski definition) is 38. The largest absolute Gasteiger partial charge is 0.488 e. The van der Waals surface area contributed by atoms with Crippen molar-refractivity contribution in [3.8, 4) is 11.4 Å². The minimum atomic E-state index is -5.89. The summed E-state index contributed by atoms with van der Waals surface area (Å²) in [5.41, 5.74) is 9.28. The number of nitrogens with zero attached hydrogens (tertiary/aromatic N) is 4. The number of phosphoric ester groups is 1. The zero-order chi connectivity index (χ0) is 94.9. The molecule has 3 aromatic rings. The average molecular weight is 1840 g/mol. The first-order valence-corrected chi connectivity index (χ1v) is 42.5. The summed E-state index contributed by atoms with van der Waals surface area (Å²) in [6.07, 6.45) is -34.6. The molecule has 5 saturated heterocycles. The summed E-state index contributed by atoms with van der Waals surface area (Å²) < 4.78 is 96.4. The third kappa shape index (κ3) is 27.1. The van der Waals surface area contributed by atoms with Crippen molar-refractivity contribution in [3.05, 3.63) is 126 Å². The van der Waals surface area contributed by atoms with E-state index in [0.29, 0.717) is 12.8 Å². The summed E-state index contributed by atoms with van der Waals surface area (Å²) in [4.78, 5) is 130. The molecule has 0 aliphatic carbocycles. The fourth-order valence-electron chi connectivity index (χ4n) is 14.6. The summed E-state index contributed by atoms with van der Waals surface area (Å²) in [5.74, 6) is -6.89. The van der Waals surface area contributed by atoms with Gasteiger partial charge in [-0.1, -0.05) is 73.1 Å². The molecule has 20 N–H and O–H groups in total. The number of rotatable bonds is 45. The Labute approximate surface area is 733 Å². The molecule has 5 aliphatic rings. The second kappa shape index (κ2) is 46.2. The zero-order valence-electron chi connectivity index (χ0n) is 72.2. The van der Waals surface area contributed by atoms with E-state index < -0.39 is 255 Å². The molecule has 1 unspecified atom stereocenters. The van der Waals surface area contributed by atoms with Crippen LogP contribution in [0.2, 0.25) is 0 Å². The fraction of sp³-hybridized carbons (Fsp3) is 0.650. The topological polar surface area (TPSA) is 700 Å². The number of carbonyl (C=O) groups is 6. The van der Waals surface area contributed by atoms with Crippen molar-refractivity contribution in [2.75, 3.05) is 51.4 Å². The lowest BCUT2D eigenvalue weighted by atomic mass is 9.85. The first-order valence-electron chi connectivity index (χ1n) is 41.0. The van der Waals surface area contributed by atoms with Crippen molar-refractivity contribution in [1.29, 1.82) is 0 Å². The van der Waals surface area contributed by atoms with E-state index in [1.54, 1.807) is 19.9 Å². The molecule has 6 heterocycles. The van der Waals surface area contributed by atoms with Gasteiger partial charge in [-0.2, -0.15) is 5.10 Å². The molecule has 48 heteroatoms. The number of ether oxygens (including phenoxy) is 12. The Balaban J connectivity index is 1.02. The summed E-state index contributed by atoms with van der Waals surface area (Å²) in [6, 6.07) is -1.01. The normalized spacial score (nSPS) is 31.4. The number of carboxylic acid groups (broad SMARTS) is 1. The SMILES string of the molecule is C=C(C/C=C(\C)CCC=C(C)C)CCC(C)(C)/C=C/CC/C(C)=C\CO[C@H](COP(=O)(O)O[C@H]1O[C@H](C(N)=O)[C@@](C)(O)[C@H](OC(N)=O)[C@H]1O[C@@H]1O[C@H](CO[C@@H]2O[C@H](CO)[C@@H](O)[C@H](O)[C@H]2O)[C@@H](O[C@@H]2O[C@H](C)[C@@H](O[C@@H]3O[C@H](c4ncnn4-c4ccc([N+](=O)[O-])c(C(=O)NCCNc5c(OCC)c(=O)c5=O)c4)[C@H](O)[C@H](O)[C@H]3O)[C@H](O)[C@H]2NC(C)=O)[C@H](O)[C@H]1NC(C)=O)C(=O)O. The molecule has 0 bridgehead atoms. The molecular weight excluding hydrogens is 1720 g/mol. The molecule has 8 rings (SSSR count). The molecule has 0 radical (unpaired) electrons. The number of nitrogens with two attached hydrogens (primary N) is 2. The predicted molar refractivity (Wildman–Crippen MR) is 440 cm³/mol. The van der Waals surface area contributed by atoms with Crippen LogP contribution in [0.25, 0.3) is 5.69 Å². The lowest BCUT2D eigenvalue weighted by Crippen LogP contribution is -2.72. The number of aliphatic hydroxyl groups is 10. The second-order valence-electron chi connectivity index (χ2n) is 32.6. The number of amides is 5. The second-order valence-corrected chi connectivity index (χ2v) is 34.0. The van der Waals surface area contributed by atoms with Gasteiger partial charge in [-0.15, -0.1) is 0 Å². The smallest absolute Gasteiger partial charge is 0.474 e. The van der Waals surface area contributed by atoms with Crippen molar-refractivity contribution in [3.63, 3.8) is 0 Å². The summed E-state index contributed by atoms with van der Waals surface area (Å²) in [5, 5.41) is 151. The van der Waals surface area contributed by atoms with Gasteiger partial charge < -0.3 is 151 Å². The van der Waals surface area contributed by atoms with Gasteiger partial charge in [0.25, 0.3) is 22.5 Å². The van der Waals surface area contributed by atoms with Gasteiger partial charge in [0.1, 0.15) is 115 Å². The number of benzene rings is 1. The molecule has 5 aliphatic heterocycles. The van der Waals surface area contributed by atoms with Crippen LogP contribution in [0.4, 0.5) is 16.2 Å². The maximum absolute atomic E-state index is 14.2. The molecule has 714 valence electrons. The minimum absolute atomic E-state index is 0.0670. The van der Waals surface area contributed by atoms with Crippen molar-refractivity contribution < 1.29 is 165 Å². The van der Waals surface area contributed by atoms with Crippen LogP contribution >= 0.6 is 7.82 Å². The van der Waals surface area contributed by atoms with Gasteiger partial charge in [0.05, 0.1) is 49.7 Å². The number of aliphatic hydroxyl groups excluding tert-OH is 9. The monoisotopic (exact) mass is 1840 g/mol. The number of hydrogen-bond donors (Lipinski definition) is 18. The number of nitrogens with one attached hydrogen (secondary N) is 4. The molecular formula is C80H117N10O37P. The van der Waals surface area contributed by atoms with E-state index in [4.69, 9.17) is 77.4 Å². The maximum Gasteiger partial charge on any atom is 0.474 e. The van der Waals surface area contributed by atoms with Crippen molar-refractivity contribution in [2.45, 2.75) is 280 Å². The van der Waals surface area contributed by atoms with E-state index in [1.165, 1.54) is 18.1 Å². The molecule has 0 saturated carbocycles. The van der Waals surface area contributed by atoms with E-state index in [0.717, 1.165) is 93.2 Å². The highest BCUT2D eigenvalue weighted by Crippen LogP contribution is 2.49. The number of carboxylic acids is 1. The zero-order valence-corrected chi connectivity index (χ0v) is 73.1. The van der Waals surface area contributed by atoms with E-state index in [-0.39, 0.29) is 48.8 Å². The number of primary amides is 2. The van der Waals surface area contributed by atoms with Crippen LogP contribution in [0.1, 0.15) is 143 Å². The lowest BCUT2D eigenvalue weighted by Gasteiger charge is -2.52. The number of allylic oxidation sites excluding steroid dienone is 8. The third-order valence-corrected chi connectivity index (χ3v) is 22.6. The van der Waals surface area contributed by atoms with E-state index in [9.17, 15) is 114 Å². The number of aromatic nitrogens is 3. The van der Waals surface area contributed by atoms with Crippen LogP contribution in [0.15, 0.2) is 93.4 Å². The number of phosphoric acid groups is 1. The van der Waals surface area contributed by atoms with Crippen LogP contribution in [-0.2, 0) is 84.9 Å². The van der Waals surface area contributed by atoms with E-state index >= 15 is 0 Å². The molecule has 0 spiro atoms. The Hall–Kier alpha value is -8.93. The Morgan fingerprint density at radius 3 is 2.01 bits per heavy atom. The van der Waals surface area contributed by atoms with Crippen molar-refractivity contribution in [2.24, 2.45) is 16.9 Å². The quantitative estimate of drug-likeness (QED) is 0.00758. The molecule has 2 aromatic carbocycles. The molecule has 1 aromatic heterocycles. The Morgan fingerprint density at radius 2 is 1.38 bits per heavy atom. The third-order valence-electron chi connectivity index (χ3n) is 21.6. The molecule has 5 fully saturated rings. The van der Waals surface area contributed by atoms with Crippen LogP contribution in [0.3, 0.4) is 0 Å². The van der Waals surface area contributed by atoms with Crippen LogP contribution < -0.4 is 48.3 Å². The predicted octanol–water partition coefficient (Wildman–Crippen LogP) is -1.58. The van der Waals surface area contributed by atoms with Crippen molar-refractivity contribution in [1.82, 2.24) is 30.7 Å². The number of anilines is 1. The summed E-state index contributed by atoms with van der Waals surface area (Å²) >= 11 is 0. The highest BCUT2D eigenvalue weighted by Gasteiger charge is 2.63. The van der Waals surface area contributed by atoms with Crippen LogP contribution in [0.5, 0.6) is 5.75 Å². The number of nitro groups is 1. The lowest BCUT2D eigenvalue weighted by molar-refractivity contribution is -0.385. The van der Waals surface area contributed by atoms with Gasteiger partial charge in [0, 0.05) is 33.0 Å². The first kappa shape index (κ1) is 104. The van der Waals surface area contributed by atoms with Gasteiger partial charge in [-0.3, -0.25) is 47.9 Å². The van der Waals surface area contributed by atoms with Gasteiger partial charge in [0.15, 0.2) is 67.4 Å². The van der Waals surface area contributed by atoms with Gasteiger partial charge >= 0.3 is 19.9 Å². The molecule has 27 atom stereocenters. The first-order chi connectivity index (χ1) is 60.1. The number of carbonyl (C=O) groups excluding carboxylic acids is 5. The minimum Gasteiger partial charge on any atom is -0.488 e. The average Bonchev–Trinajstić information content (AvgIpc) is 1.65. The number of aliphatic carboxylic acids is 1. The highest BCUT2D eigenvalue weighted by molar-refractivity contribution is 7.47. The van der Waals surface area contributed by atoms with Gasteiger partial charge in [-0.05, 0) is 111 Å². The number of nitro benzene ring substituents is 1. The standard InChI is InChI=1S/C80H117N10O37P/c1-13-114-64-49(53(95)58(64)100)83-28-29-84-71(105)44-31-43(22-23-45(44)90(110)111)89-70(85-35-86-89)65-59(101)57(99)61(103)76(123-65)121-62-40(7)118-73(50(54(62)96)87-41(8)92)122-63-47(33-116-75-60(102)56(98)52(94)46(32-91)119-75)120-74(51(55(63)97)88-42(9)93)124-66-67(126-78(82)108)80(12,109)68(69(81)104)125-77(66)127-128(112,113)117-34-48(72(106)107)115-30-25-38(5)18-14-15-26-79(10,11)27-24-39(6)21-20-37(4)19-16-17-36(2)3/h15,17,20,22-23,25-26,31,35,40,46-48,50-52,54-57,59-63,65-68,73-77,83,91,94,96-99,101-103,109H,6,13-14,16,18-19,21,24,27-30,32-34H2,1-5,7-12H3,(H2,81,104)(H2,82,108)(H,84,105)(H,87,92)(H,88,93)(H,106,107)(H,112,113)/b26-15+,37-20+,38-25-/t40-,46-,47-,48-,50-,51-,52-,54-,55-,56+,57+,59-,60-,61-,62-,63-,65+,66-,67-,68-,73+,74+,75-,76-,77-,80+/m1/s1. The Kier molecular flexibility index (Phi) is 37.7. The Bertz CT molecular complexity index is 4590. The molecule has 5 amide bonds.